The number of imidazole rings is 1. The third-order valence-corrected chi connectivity index (χ3v) is 2.50. The zero-order valence-corrected chi connectivity index (χ0v) is 8.54. The van der Waals surface area contributed by atoms with E-state index in [1.807, 2.05) is 19.1 Å². The topological polar surface area (TPSA) is 54.7 Å². The minimum atomic E-state index is 0.0846. The molecule has 3 N–H and O–H groups in total. The fourth-order valence-corrected chi connectivity index (χ4v) is 1.70. The molecule has 3 nitrogen and oxygen atoms in total. The number of nitrogens with two attached hydrogens (primary N) is 1. The Hall–Kier alpha value is -1.35. The highest BCUT2D eigenvalue weighted by Gasteiger charge is 2.10. The molecule has 0 amide bonds. The van der Waals surface area contributed by atoms with Crippen molar-refractivity contribution in [2.45, 2.75) is 26.3 Å². The number of rotatable bonds is 2. The third-order valence-electron chi connectivity index (χ3n) is 2.50. The first kappa shape index (κ1) is 9.21. The van der Waals surface area contributed by atoms with Gasteiger partial charge in [-0.2, -0.15) is 0 Å². The number of aromatic nitrogens is 2. The molecule has 0 radical (unpaired) electrons. The van der Waals surface area contributed by atoms with Gasteiger partial charge in [0, 0.05) is 6.04 Å². The van der Waals surface area contributed by atoms with Crippen LogP contribution in [0.3, 0.4) is 0 Å². The molecule has 0 saturated carbocycles. The van der Waals surface area contributed by atoms with Crippen LogP contribution in [-0.4, -0.2) is 9.97 Å². The highest BCUT2D eigenvalue weighted by Crippen LogP contribution is 2.22. The van der Waals surface area contributed by atoms with E-state index in [0.29, 0.717) is 0 Å². The molecule has 14 heavy (non-hydrogen) atoms. The van der Waals surface area contributed by atoms with Crippen molar-refractivity contribution in [1.82, 2.24) is 9.97 Å². The molecule has 0 bridgehead atoms. The number of aryl methyl sites for hydroxylation is 1. The summed E-state index contributed by atoms with van der Waals surface area (Å²) in [5.74, 6) is 0.941. The Balaban J connectivity index is 2.64. The van der Waals surface area contributed by atoms with Gasteiger partial charge in [0.15, 0.2) is 0 Å². The first-order chi connectivity index (χ1) is 6.72. The number of hydrogen-bond donors (Lipinski definition) is 2. The molecule has 0 spiro atoms. The molecule has 1 unspecified atom stereocenters. The van der Waals surface area contributed by atoms with Gasteiger partial charge in [-0.3, -0.25) is 0 Å². The first-order valence-corrected chi connectivity index (χ1v) is 4.93. The second kappa shape index (κ2) is 3.42. The standard InChI is InChI=1S/C11H15N3/c1-3-9(12)8-5-4-6-10-11(8)14-7(2)13-10/h4-6,9H,3,12H2,1-2H3,(H,13,14). The van der Waals surface area contributed by atoms with Crippen molar-refractivity contribution in [1.29, 1.82) is 0 Å². The highest BCUT2D eigenvalue weighted by molar-refractivity contribution is 5.79. The fourth-order valence-electron chi connectivity index (χ4n) is 1.70. The summed E-state index contributed by atoms with van der Waals surface area (Å²) >= 11 is 0. The maximum absolute atomic E-state index is 6.02. The lowest BCUT2D eigenvalue weighted by molar-refractivity contribution is 0.703. The second-order valence-electron chi connectivity index (χ2n) is 3.58. The summed E-state index contributed by atoms with van der Waals surface area (Å²) < 4.78 is 0. The molecule has 74 valence electrons. The van der Waals surface area contributed by atoms with Gasteiger partial charge < -0.3 is 10.7 Å². The average Bonchev–Trinajstić information content (AvgIpc) is 2.56. The Morgan fingerprint density at radius 1 is 1.50 bits per heavy atom. The minimum absolute atomic E-state index is 0.0846. The van der Waals surface area contributed by atoms with Gasteiger partial charge in [0.05, 0.1) is 11.0 Å². The Labute approximate surface area is 83.3 Å². The number of H-pyrrole nitrogens is 1. The van der Waals surface area contributed by atoms with Crippen LogP contribution in [-0.2, 0) is 0 Å². The van der Waals surface area contributed by atoms with Gasteiger partial charge in [-0.05, 0) is 25.0 Å². The first-order valence-electron chi connectivity index (χ1n) is 4.93. The monoisotopic (exact) mass is 189 g/mol. The Morgan fingerprint density at radius 2 is 2.29 bits per heavy atom. The maximum atomic E-state index is 6.02. The van der Waals surface area contributed by atoms with Crippen molar-refractivity contribution in [3.05, 3.63) is 29.6 Å². The van der Waals surface area contributed by atoms with Crippen molar-refractivity contribution in [2.75, 3.05) is 0 Å². The van der Waals surface area contributed by atoms with Crippen molar-refractivity contribution in [2.24, 2.45) is 5.73 Å². The smallest absolute Gasteiger partial charge is 0.104 e. The third kappa shape index (κ3) is 1.40. The van der Waals surface area contributed by atoms with Gasteiger partial charge >= 0.3 is 0 Å². The number of nitrogens with zero attached hydrogens (tertiary/aromatic N) is 1. The molecule has 0 fully saturated rings. The number of para-hydroxylation sites is 1. The summed E-state index contributed by atoms with van der Waals surface area (Å²) in [6.45, 7) is 4.05. The van der Waals surface area contributed by atoms with Gasteiger partial charge in [0.25, 0.3) is 0 Å². The fraction of sp³-hybridized carbons (Fsp3) is 0.364. The van der Waals surface area contributed by atoms with Gasteiger partial charge in [0.1, 0.15) is 5.82 Å². The van der Waals surface area contributed by atoms with Crippen molar-refractivity contribution >= 4 is 11.0 Å². The van der Waals surface area contributed by atoms with E-state index in [-0.39, 0.29) is 6.04 Å². The Bertz CT molecular complexity index is 445. The Kier molecular flexibility index (Phi) is 2.25. The molecule has 2 aromatic rings. The molecule has 1 aromatic carbocycles. The van der Waals surface area contributed by atoms with E-state index in [4.69, 9.17) is 5.73 Å². The van der Waals surface area contributed by atoms with Crippen LogP contribution in [0, 0.1) is 6.92 Å². The van der Waals surface area contributed by atoms with Crippen molar-refractivity contribution in [3.63, 3.8) is 0 Å². The summed E-state index contributed by atoms with van der Waals surface area (Å²) in [5.41, 5.74) is 9.24. The van der Waals surface area contributed by atoms with E-state index in [9.17, 15) is 0 Å². The minimum Gasteiger partial charge on any atom is -0.342 e. The van der Waals surface area contributed by atoms with Crippen molar-refractivity contribution in [3.8, 4) is 0 Å². The van der Waals surface area contributed by atoms with E-state index >= 15 is 0 Å². The lowest BCUT2D eigenvalue weighted by Gasteiger charge is -2.08. The molecule has 1 heterocycles. The van der Waals surface area contributed by atoms with Gasteiger partial charge in [0.2, 0.25) is 0 Å². The molecule has 0 aliphatic rings. The van der Waals surface area contributed by atoms with Gasteiger partial charge in [-0.25, -0.2) is 4.98 Å². The van der Waals surface area contributed by atoms with Gasteiger partial charge in [-0.1, -0.05) is 19.1 Å². The Morgan fingerprint density at radius 3 is 3.00 bits per heavy atom. The van der Waals surface area contributed by atoms with E-state index < -0.39 is 0 Å². The van der Waals surface area contributed by atoms with E-state index in [2.05, 4.69) is 23.0 Å². The molecule has 0 aliphatic heterocycles. The maximum Gasteiger partial charge on any atom is 0.104 e. The van der Waals surface area contributed by atoms with Crippen LogP contribution in [0.2, 0.25) is 0 Å². The van der Waals surface area contributed by atoms with Gasteiger partial charge in [-0.15, -0.1) is 0 Å². The molecular formula is C11H15N3. The van der Waals surface area contributed by atoms with E-state index in [1.54, 1.807) is 0 Å². The highest BCUT2D eigenvalue weighted by atomic mass is 14.9. The predicted octanol–water partition coefficient (Wildman–Crippen LogP) is 2.28. The zero-order valence-electron chi connectivity index (χ0n) is 8.54. The lowest BCUT2D eigenvalue weighted by Crippen LogP contribution is -2.08. The molecule has 3 heteroatoms. The molecular weight excluding hydrogens is 174 g/mol. The lowest BCUT2D eigenvalue weighted by atomic mass is 10.0. The van der Waals surface area contributed by atoms with Crippen LogP contribution in [0.1, 0.15) is 30.8 Å². The van der Waals surface area contributed by atoms with Crippen LogP contribution in [0.5, 0.6) is 0 Å². The average molecular weight is 189 g/mol. The number of hydrogen-bond acceptors (Lipinski definition) is 2. The largest absolute Gasteiger partial charge is 0.342 e. The molecule has 1 atom stereocenters. The van der Waals surface area contributed by atoms with Crippen LogP contribution < -0.4 is 5.73 Å². The van der Waals surface area contributed by atoms with E-state index in [0.717, 1.165) is 28.8 Å². The number of nitrogens with one attached hydrogen (secondary N) is 1. The number of aromatic amines is 1. The van der Waals surface area contributed by atoms with Crippen LogP contribution in [0.4, 0.5) is 0 Å². The van der Waals surface area contributed by atoms with Crippen LogP contribution >= 0.6 is 0 Å². The predicted molar refractivity (Wildman–Crippen MR) is 58.1 cm³/mol. The zero-order chi connectivity index (χ0) is 10.1. The summed E-state index contributed by atoms with van der Waals surface area (Å²) in [4.78, 5) is 7.66. The summed E-state index contributed by atoms with van der Waals surface area (Å²) in [6.07, 6.45) is 0.936. The number of benzene rings is 1. The summed E-state index contributed by atoms with van der Waals surface area (Å²) in [5, 5.41) is 0. The summed E-state index contributed by atoms with van der Waals surface area (Å²) in [7, 11) is 0. The molecule has 2 rings (SSSR count). The van der Waals surface area contributed by atoms with Crippen LogP contribution in [0.15, 0.2) is 18.2 Å². The van der Waals surface area contributed by atoms with Crippen molar-refractivity contribution < 1.29 is 0 Å². The summed E-state index contributed by atoms with van der Waals surface area (Å²) in [6, 6.07) is 6.18. The number of fused-ring (bicyclic) bond motifs is 1. The SMILES string of the molecule is CCC(N)c1cccc2[nH]c(C)nc12. The molecule has 0 aliphatic carbocycles. The normalized spacial score (nSPS) is 13.4. The molecule has 0 saturated heterocycles. The van der Waals surface area contributed by atoms with Crippen LogP contribution in [0.25, 0.3) is 11.0 Å². The quantitative estimate of drug-likeness (QED) is 0.761. The van der Waals surface area contributed by atoms with E-state index in [1.165, 1.54) is 0 Å². The second-order valence-corrected chi connectivity index (χ2v) is 3.58. The molecule has 1 aromatic heterocycles.